The summed E-state index contributed by atoms with van der Waals surface area (Å²) in [6.07, 6.45) is 2.67. The summed E-state index contributed by atoms with van der Waals surface area (Å²) in [6, 6.07) is 10.3. The van der Waals surface area contributed by atoms with Gasteiger partial charge < -0.3 is 15.5 Å². The molecule has 1 aromatic heterocycles. The van der Waals surface area contributed by atoms with Crippen LogP contribution in [0.2, 0.25) is 0 Å². The van der Waals surface area contributed by atoms with E-state index < -0.39 is 0 Å². The maximum absolute atomic E-state index is 4.34. The first-order valence-electron chi connectivity index (χ1n) is 8.43. The topological polar surface area (TPSA) is 53.1 Å². The van der Waals surface area contributed by atoms with E-state index in [0.29, 0.717) is 0 Å². The lowest BCUT2D eigenvalue weighted by atomic mass is 9.86. The van der Waals surface area contributed by atoms with Crippen molar-refractivity contribution in [3.8, 4) is 0 Å². The maximum atomic E-state index is 4.34. The van der Waals surface area contributed by atoms with Gasteiger partial charge in [0, 0.05) is 18.3 Å². The largest absolute Gasteiger partial charge is 0.370 e. The number of aromatic nitrogens is 2. The van der Waals surface area contributed by atoms with Gasteiger partial charge in [0.1, 0.15) is 18.0 Å². The molecule has 0 saturated carbocycles. The van der Waals surface area contributed by atoms with Crippen molar-refractivity contribution in [2.24, 2.45) is 0 Å². The Hall–Kier alpha value is -2.14. The molecule has 5 heteroatoms. The van der Waals surface area contributed by atoms with Gasteiger partial charge >= 0.3 is 0 Å². The van der Waals surface area contributed by atoms with Gasteiger partial charge in [-0.3, -0.25) is 0 Å². The Morgan fingerprint density at radius 3 is 2.46 bits per heavy atom. The summed E-state index contributed by atoms with van der Waals surface area (Å²) >= 11 is 0. The third-order valence-corrected chi connectivity index (χ3v) is 3.75. The Kier molecular flexibility index (Phi) is 6.15. The molecule has 2 N–H and O–H groups in total. The van der Waals surface area contributed by atoms with Crippen LogP contribution >= 0.6 is 0 Å². The lowest BCUT2D eigenvalue weighted by molar-refractivity contribution is 0.405. The lowest BCUT2D eigenvalue weighted by Gasteiger charge is -2.23. The monoisotopic (exact) mass is 327 g/mol. The summed E-state index contributed by atoms with van der Waals surface area (Å²) in [4.78, 5) is 10.8. The summed E-state index contributed by atoms with van der Waals surface area (Å²) < 4.78 is 0. The van der Waals surface area contributed by atoms with Crippen molar-refractivity contribution in [2.45, 2.75) is 32.6 Å². The zero-order valence-electron chi connectivity index (χ0n) is 15.4. The van der Waals surface area contributed by atoms with Crippen LogP contribution in [0.4, 0.5) is 17.3 Å². The molecule has 0 radical (unpaired) electrons. The lowest BCUT2D eigenvalue weighted by Crippen LogP contribution is -2.16. The van der Waals surface area contributed by atoms with Crippen LogP contribution in [-0.4, -0.2) is 42.1 Å². The predicted octanol–water partition coefficient (Wildman–Crippen LogP) is 3.88. The summed E-state index contributed by atoms with van der Waals surface area (Å²) in [5.41, 5.74) is 2.43. The Morgan fingerprint density at radius 1 is 1.04 bits per heavy atom. The van der Waals surface area contributed by atoms with Gasteiger partial charge in [0.15, 0.2) is 0 Å². The molecule has 0 saturated heterocycles. The highest BCUT2D eigenvalue weighted by Gasteiger charge is 2.17. The van der Waals surface area contributed by atoms with Crippen LogP contribution in [0.5, 0.6) is 0 Å². The number of hydrogen-bond donors (Lipinski definition) is 2. The van der Waals surface area contributed by atoms with Crippen LogP contribution in [0, 0.1) is 0 Å². The van der Waals surface area contributed by atoms with Crippen molar-refractivity contribution >= 4 is 17.3 Å². The summed E-state index contributed by atoms with van der Waals surface area (Å²) in [5, 5.41) is 6.78. The molecule has 2 rings (SSSR count). The molecule has 0 fully saturated rings. The van der Waals surface area contributed by atoms with Crippen molar-refractivity contribution in [1.29, 1.82) is 0 Å². The number of nitrogens with zero attached hydrogens (tertiary/aromatic N) is 3. The van der Waals surface area contributed by atoms with Crippen molar-refractivity contribution in [3.63, 3.8) is 0 Å². The fourth-order valence-corrected chi connectivity index (χ4v) is 2.52. The van der Waals surface area contributed by atoms with Gasteiger partial charge in [0.2, 0.25) is 0 Å². The number of benzene rings is 1. The minimum absolute atomic E-state index is 0.0733. The van der Waals surface area contributed by atoms with E-state index in [1.54, 1.807) is 6.33 Å². The first-order chi connectivity index (χ1) is 11.4. The van der Waals surface area contributed by atoms with E-state index in [0.717, 1.165) is 36.8 Å². The minimum atomic E-state index is 0.0733. The third kappa shape index (κ3) is 5.49. The molecule has 24 heavy (non-hydrogen) atoms. The maximum Gasteiger partial charge on any atom is 0.135 e. The molecule has 0 bridgehead atoms. The van der Waals surface area contributed by atoms with Crippen molar-refractivity contribution < 1.29 is 0 Å². The Balaban J connectivity index is 2.05. The molecule has 1 aromatic carbocycles. The first-order valence-corrected chi connectivity index (χ1v) is 8.43. The molecule has 0 aliphatic rings. The normalized spacial score (nSPS) is 11.6. The molecule has 0 aliphatic carbocycles. The quantitative estimate of drug-likeness (QED) is 0.756. The minimum Gasteiger partial charge on any atom is -0.370 e. The zero-order valence-corrected chi connectivity index (χ0v) is 15.4. The zero-order chi connectivity index (χ0) is 17.6. The highest BCUT2D eigenvalue weighted by atomic mass is 15.1. The predicted molar refractivity (Wildman–Crippen MR) is 102 cm³/mol. The first kappa shape index (κ1) is 18.2. The standard InChI is InChI=1S/C19H29N5/c1-19(2,3)15-9-6-7-10-16(15)23-18-13-17(21-14-22-18)20-11-8-12-24(4)5/h6-7,9-10,13-14H,8,11-12H2,1-5H3,(H2,20,21,22,23). The van der Waals surface area contributed by atoms with Gasteiger partial charge in [-0.1, -0.05) is 39.0 Å². The number of anilines is 3. The Labute approximate surface area is 145 Å². The van der Waals surface area contributed by atoms with Gasteiger partial charge in [0.25, 0.3) is 0 Å². The number of para-hydroxylation sites is 1. The second-order valence-electron chi connectivity index (χ2n) is 7.29. The van der Waals surface area contributed by atoms with Crippen LogP contribution in [0.1, 0.15) is 32.8 Å². The fraction of sp³-hybridized carbons (Fsp3) is 0.474. The number of rotatable bonds is 7. The SMILES string of the molecule is CN(C)CCCNc1cc(Nc2ccccc2C(C)(C)C)ncn1. The fourth-order valence-electron chi connectivity index (χ4n) is 2.52. The molecule has 0 amide bonds. The van der Waals surface area contributed by atoms with Crippen LogP contribution in [0.25, 0.3) is 0 Å². The highest BCUT2D eigenvalue weighted by Crippen LogP contribution is 2.30. The van der Waals surface area contributed by atoms with Gasteiger partial charge in [-0.25, -0.2) is 9.97 Å². The van der Waals surface area contributed by atoms with Crippen molar-refractivity contribution in [1.82, 2.24) is 14.9 Å². The van der Waals surface area contributed by atoms with E-state index in [2.05, 4.69) is 78.6 Å². The van der Waals surface area contributed by atoms with E-state index >= 15 is 0 Å². The Bertz CT molecular complexity index is 646. The molecule has 0 aliphatic heterocycles. The average Bonchev–Trinajstić information content (AvgIpc) is 2.51. The third-order valence-electron chi connectivity index (χ3n) is 3.75. The van der Waals surface area contributed by atoms with E-state index in [4.69, 9.17) is 0 Å². The molecule has 0 spiro atoms. The van der Waals surface area contributed by atoms with Gasteiger partial charge in [-0.05, 0) is 44.1 Å². The van der Waals surface area contributed by atoms with E-state index in [-0.39, 0.29) is 5.41 Å². The van der Waals surface area contributed by atoms with E-state index in [1.165, 1.54) is 5.56 Å². The van der Waals surface area contributed by atoms with Crippen LogP contribution in [0.15, 0.2) is 36.7 Å². The summed E-state index contributed by atoms with van der Waals surface area (Å²) in [6.45, 7) is 8.59. The smallest absolute Gasteiger partial charge is 0.135 e. The summed E-state index contributed by atoms with van der Waals surface area (Å²) in [7, 11) is 4.17. The van der Waals surface area contributed by atoms with Gasteiger partial charge in [-0.2, -0.15) is 0 Å². The Morgan fingerprint density at radius 2 is 1.75 bits per heavy atom. The van der Waals surface area contributed by atoms with Crippen LogP contribution in [-0.2, 0) is 5.41 Å². The van der Waals surface area contributed by atoms with Crippen molar-refractivity contribution in [3.05, 3.63) is 42.2 Å². The molecule has 130 valence electrons. The molecule has 1 heterocycles. The molecular formula is C19H29N5. The van der Waals surface area contributed by atoms with Gasteiger partial charge in [-0.15, -0.1) is 0 Å². The van der Waals surface area contributed by atoms with E-state index in [1.807, 2.05) is 12.1 Å². The van der Waals surface area contributed by atoms with E-state index in [9.17, 15) is 0 Å². The van der Waals surface area contributed by atoms with Crippen LogP contribution < -0.4 is 10.6 Å². The van der Waals surface area contributed by atoms with Crippen molar-refractivity contribution in [2.75, 3.05) is 37.8 Å². The number of nitrogens with one attached hydrogen (secondary N) is 2. The second kappa shape index (κ2) is 8.11. The molecule has 2 aromatic rings. The number of hydrogen-bond acceptors (Lipinski definition) is 5. The molecular weight excluding hydrogens is 298 g/mol. The highest BCUT2D eigenvalue weighted by molar-refractivity contribution is 5.63. The summed E-state index contributed by atoms with van der Waals surface area (Å²) in [5.74, 6) is 1.65. The average molecular weight is 327 g/mol. The molecule has 5 nitrogen and oxygen atoms in total. The molecule has 0 unspecified atom stereocenters. The van der Waals surface area contributed by atoms with Crippen LogP contribution in [0.3, 0.4) is 0 Å². The molecule has 0 atom stereocenters. The van der Waals surface area contributed by atoms with Gasteiger partial charge in [0.05, 0.1) is 0 Å². The second-order valence-corrected chi connectivity index (χ2v) is 7.29.